The first-order valence-electron chi connectivity index (χ1n) is 6.87. The van der Waals surface area contributed by atoms with E-state index in [1.54, 1.807) is 19.4 Å². The molecule has 0 saturated carbocycles. The summed E-state index contributed by atoms with van der Waals surface area (Å²) < 4.78 is 10.1. The van der Waals surface area contributed by atoms with Gasteiger partial charge in [-0.25, -0.2) is 9.98 Å². The molecule has 2 heterocycles. The van der Waals surface area contributed by atoms with Gasteiger partial charge in [0.05, 0.1) is 12.1 Å². The van der Waals surface area contributed by atoms with Crippen LogP contribution in [0.4, 0.5) is 0 Å². The number of hydrogen-bond donors (Lipinski definition) is 0. The first-order valence-corrected chi connectivity index (χ1v) is 7.25. The zero-order chi connectivity index (χ0) is 17.8. The lowest BCUT2D eigenvalue weighted by atomic mass is 9.87. The Morgan fingerprint density at radius 1 is 1.38 bits per heavy atom. The molecular formula is C18H14ClN3O2. The number of dihydropyridines is 1. The van der Waals surface area contributed by atoms with Crippen LogP contribution in [0.15, 0.2) is 28.4 Å². The molecule has 0 radical (unpaired) electrons. The third-order valence-electron chi connectivity index (χ3n) is 3.51. The molecule has 0 saturated heterocycles. The number of pyridine rings is 1. The standard InChI is InChI=1S/C18H14ClN3O2/c1-5-17(9-15(19)18(11-20,24-4)22-12-17)7-6-14-10-21-16(23-3)8-13(14)2/h1,8-10,12H,2-4H3. The van der Waals surface area contributed by atoms with Gasteiger partial charge in [0.25, 0.3) is 5.72 Å². The fourth-order valence-corrected chi connectivity index (χ4v) is 2.33. The second-order valence-electron chi connectivity index (χ2n) is 5.02. The van der Waals surface area contributed by atoms with Crippen LogP contribution in [-0.2, 0) is 4.74 Å². The monoisotopic (exact) mass is 339 g/mol. The van der Waals surface area contributed by atoms with Gasteiger partial charge in [0, 0.05) is 31.2 Å². The molecule has 0 bridgehead atoms. The van der Waals surface area contributed by atoms with Crippen molar-refractivity contribution in [1.82, 2.24) is 4.98 Å². The van der Waals surface area contributed by atoms with Crippen LogP contribution in [0.25, 0.3) is 0 Å². The van der Waals surface area contributed by atoms with Crippen molar-refractivity contribution < 1.29 is 9.47 Å². The molecule has 0 aliphatic carbocycles. The maximum absolute atomic E-state index is 9.23. The molecule has 2 atom stereocenters. The molecule has 0 amide bonds. The molecule has 0 fully saturated rings. The molecule has 120 valence electrons. The Morgan fingerprint density at radius 2 is 2.12 bits per heavy atom. The number of nitriles is 1. The smallest absolute Gasteiger partial charge is 0.285 e. The lowest BCUT2D eigenvalue weighted by Crippen LogP contribution is -2.34. The molecule has 5 nitrogen and oxygen atoms in total. The number of nitrogens with zero attached hydrogens (tertiary/aromatic N) is 3. The van der Waals surface area contributed by atoms with E-state index in [2.05, 4.69) is 27.7 Å². The van der Waals surface area contributed by atoms with Crippen molar-refractivity contribution in [3.8, 4) is 36.1 Å². The quantitative estimate of drug-likeness (QED) is 0.776. The Balaban J connectivity index is 2.43. The average Bonchev–Trinajstić information content (AvgIpc) is 2.61. The van der Waals surface area contributed by atoms with Crippen molar-refractivity contribution in [2.24, 2.45) is 10.4 Å². The fourth-order valence-electron chi connectivity index (χ4n) is 1.99. The minimum Gasteiger partial charge on any atom is -0.481 e. The van der Waals surface area contributed by atoms with Crippen molar-refractivity contribution >= 4 is 17.8 Å². The second-order valence-corrected chi connectivity index (χ2v) is 5.42. The summed E-state index contributed by atoms with van der Waals surface area (Å²) in [4.78, 5) is 8.20. The number of terminal acetylenes is 1. The van der Waals surface area contributed by atoms with E-state index in [1.807, 2.05) is 13.0 Å². The summed E-state index contributed by atoms with van der Waals surface area (Å²) in [6.07, 6.45) is 10.1. The zero-order valence-electron chi connectivity index (χ0n) is 13.4. The fraction of sp³-hybridized carbons (Fsp3) is 0.278. The van der Waals surface area contributed by atoms with Gasteiger partial charge in [-0.05, 0) is 18.6 Å². The lowest BCUT2D eigenvalue weighted by molar-refractivity contribution is 0.0830. The van der Waals surface area contributed by atoms with E-state index in [0.29, 0.717) is 11.4 Å². The van der Waals surface area contributed by atoms with E-state index >= 15 is 0 Å². The number of aliphatic imine (C=N–C) groups is 1. The Labute approximate surface area is 146 Å². The van der Waals surface area contributed by atoms with Gasteiger partial charge in [0.15, 0.2) is 0 Å². The molecule has 1 aromatic rings. The molecule has 2 unspecified atom stereocenters. The van der Waals surface area contributed by atoms with Crippen molar-refractivity contribution in [1.29, 1.82) is 5.26 Å². The number of ether oxygens (including phenoxy) is 2. The molecular weight excluding hydrogens is 326 g/mol. The second kappa shape index (κ2) is 6.77. The van der Waals surface area contributed by atoms with Crippen LogP contribution in [0.3, 0.4) is 0 Å². The van der Waals surface area contributed by atoms with Gasteiger partial charge in [-0.15, -0.1) is 6.42 Å². The first-order chi connectivity index (χ1) is 11.4. The molecule has 0 aromatic carbocycles. The lowest BCUT2D eigenvalue weighted by Gasteiger charge is -2.27. The van der Waals surface area contributed by atoms with Crippen LogP contribution in [0.1, 0.15) is 11.1 Å². The van der Waals surface area contributed by atoms with Crippen LogP contribution in [0.5, 0.6) is 5.88 Å². The van der Waals surface area contributed by atoms with E-state index < -0.39 is 11.1 Å². The molecule has 6 heteroatoms. The molecule has 1 aliphatic rings. The van der Waals surface area contributed by atoms with Gasteiger partial charge in [0.1, 0.15) is 11.5 Å². The van der Waals surface area contributed by atoms with Crippen LogP contribution >= 0.6 is 11.6 Å². The highest BCUT2D eigenvalue weighted by Gasteiger charge is 2.40. The normalized spacial score (nSPS) is 24.8. The zero-order valence-corrected chi connectivity index (χ0v) is 14.2. The van der Waals surface area contributed by atoms with E-state index in [4.69, 9.17) is 27.5 Å². The first kappa shape index (κ1) is 17.6. The van der Waals surface area contributed by atoms with Gasteiger partial charge in [-0.3, -0.25) is 0 Å². The Morgan fingerprint density at radius 3 is 2.62 bits per heavy atom. The minimum absolute atomic E-state index is 0.0758. The number of methoxy groups -OCH3 is 2. The predicted octanol–water partition coefficient (Wildman–Crippen LogP) is 2.44. The molecule has 2 rings (SSSR count). The summed E-state index contributed by atoms with van der Waals surface area (Å²) >= 11 is 6.16. The molecule has 24 heavy (non-hydrogen) atoms. The highest BCUT2D eigenvalue weighted by Crippen LogP contribution is 2.34. The van der Waals surface area contributed by atoms with Gasteiger partial charge < -0.3 is 9.47 Å². The number of rotatable bonds is 2. The highest BCUT2D eigenvalue weighted by atomic mass is 35.5. The summed E-state index contributed by atoms with van der Waals surface area (Å²) in [6.45, 7) is 1.89. The van der Waals surface area contributed by atoms with Gasteiger partial charge in [0.2, 0.25) is 5.88 Å². The summed E-state index contributed by atoms with van der Waals surface area (Å²) in [6, 6.07) is 3.69. The number of allylic oxidation sites excluding steroid dienone is 1. The third kappa shape index (κ3) is 3.12. The van der Waals surface area contributed by atoms with Crippen molar-refractivity contribution in [3.63, 3.8) is 0 Å². The number of aromatic nitrogens is 1. The molecule has 1 aromatic heterocycles. The summed E-state index contributed by atoms with van der Waals surface area (Å²) in [5, 5.41) is 9.30. The van der Waals surface area contributed by atoms with E-state index in [9.17, 15) is 5.26 Å². The minimum atomic E-state index is -1.57. The maximum Gasteiger partial charge on any atom is 0.285 e. The molecule has 1 aliphatic heterocycles. The Bertz CT molecular complexity index is 867. The maximum atomic E-state index is 9.23. The largest absolute Gasteiger partial charge is 0.481 e. The van der Waals surface area contributed by atoms with E-state index in [0.717, 1.165) is 5.56 Å². The highest BCUT2D eigenvalue weighted by molar-refractivity contribution is 6.31. The summed E-state index contributed by atoms with van der Waals surface area (Å²) in [5.74, 6) is 8.99. The summed E-state index contributed by atoms with van der Waals surface area (Å²) in [7, 11) is 2.89. The van der Waals surface area contributed by atoms with Crippen LogP contribution in [0, 0.1) is 47.9 Å². The van der Waals surface area contributed by atoms with Crippen LogP contribution in [-0.4, -0.2) is 31.1 Å². The van der Waals surface area contributed by atoms with Crippen molar-refractivity contribution in [2.45, 2.75) is 12.6 Å². The Hall–Kier alpha value is -2.78. The Kier molecular flexibility index (Phi) is 4.96. The SMILES string of the molecule is C#CC1(C#Cc2cnc(OC)cc2C)C=NC(C#N)(OC)C(Cl)=C1. The molecule has 0 spiro atoms. The number of hydrogen-bond acceptors (Lipinski definition) is 5. The average molecular weight is 340 g/mol. The van der Waals surface area contributed by atoms with E-state index in [-0.39, 0.29) is 5.03 Å². The predicted molar refractivity (Wildman–Crippen MR) is 91.5 cm³/mol. The number of aryl methyl sites for hydroxylation is 1. The molecule has 0 N–H and O–H groups in total. The third-order valence-corrected chi connectivity index (χ3v) is 3.88. The van der Waals surface area contributed by atoms with Gasteiger partial charge in [-0.1, -0.05) is 29.4 Å². The van der Waals surface area contributed by atoms with Gasteiger partial charge >= 0.3 is 0 Å². The topological polar surface area (TPSA) is 67.5 Å². The number of halogens is 1. The van der Waals surface area contributed by atoms with Crippen LogP contribution in [0.2, 0.25) is 0 Å². The van der Waals surface area contributed by atoms with Crippen LogP contribution < -0.4 is 4.74 Å². The summed E-state index contributed by atoms with van der Waals surface area (Å²) in [5.41, 5.74) is -1.09. The van der Waals surface area contributed by atoms with Gasteiger partial charge in [-0.2, -0.15) is 5.26 Å². The van der Waals surface area contributed by atoms with Crippen molar-refractivity contribution in [3.05, 3.63) is 34.5 Å². The van der Waals surface area contributed by atoms with Crippen molar-refractivity contribution in [2.75, 3.05) is 14.2 Å². The van der Waals surface area contributed by atoms with E-state index in [1.165, 1.54) is 19.4 Å².